The fourth-order valence-corrected chi connectivity index (χ4v) is 9.07. The van der Waals surface area contributed by atoms with Crippen molar-refractivity contribution in [1.29, 1.82) is 5.26 Å². The summed E-state index contributed by atoms with van der Waals surface area (Å²) in [5.74, 6) is -2.03. The van der Waals surface area contributed by atoms with Crippen molar-refractivity contribution >= 4 is 33.4 Å². The molecule has 0 spiro atoms. The zero-order valence-corrected chi connectivity index (χ0v) is 31.1. The number of anilines is 1. The topological polar surface area (TPSA) is 120 Å². The second-order valence-corrected chi connectivity index (χ2v) is 15.3. The molecule has 12 nitrogen and oxygen atoms in total. The number of rotatable bonds is 9. The highest BCUT2D eigenvalue weighted by atomic mass is 19.2. The highest BCUT2D eigenvalue weighted by Crippen LogP contribution is 2.41. The van der Waals surface area contributed by atoms with E-state index in [0.29, 0.717) is 38.0 Å². The molecule has 57 heavy (non-hydrogen) atoms. The number of imidazole rings is 1. The highest BCUT2D eigenvalue weighted by molar-refractivity contribution is 5.99. The molecule has 294 valence electrons. The number of carbonyl (C=O) groups excluding carboxylic acids is 1. The second-order valence-electron chi connectivity index (χ2n) is 15.3. The molecule has 2 aromatic carbocycles. The minimum atomic E-state index is -1.12. The van der Waals surface area contributed by atoms with Crippen LogP contribution in [0.1, 0.15) is 31.5 Å². The van der Waals surface area contributed by atoms with E-state index in [2.05, 4.69) is 35.4 Å². The summed E-state index contributed by atoms with van der Waals surface area (Å²) in [5.41, 5.74) is -0.863. The number of carbonyl (C=O) groups is 1. The molecule has 4 aliphatic rings. The number of hydrogen-bond acceptors (Lipinski definition) is 10. The molecule has 0 bridgehead atoms. The third-order valence-electron chi connectivity index (χ3n) is 11.9. The minimum absolute atomic E-state index is 0.0416. The lowest BCUT2D eigenvalue weighted by Gasteiger charge is -2.41. The van der Waals surface area contributed by atoms with Crippen LogP contribution in [0.3, 0.4) is 0 Å². The van der Waals surface area contributed by atoms with Crippen LogP contribution in [0, 0.1) is 28.8 Å². The van der Waals surface area contributed by atoms with Gasteiger partial charge in [0.15, 0.2) is 17.5 Å². The standard InChI is InChI=1S/C41H40F4N10O2/c42-27-20-41(10-3-14-54(41)22-27)25-57-40-49-38-30(21-48-37(36(38)45)29-5-1-4-26-7-8-31(43)35(44)34(26)29)39(50-40)53-18-19-55(28(23-53)9-11-46)33(56)6-2-13-51-16-17-52-15-12-47-32(52)24-51/h1-2,4-8,12,15,21,27-28H,3,9-10,13-14,16-20,22-25H2/b6-2+/t27-,28+,41+/m1/s1. The molecule has 16 heteroatoms. The quantitative estimate of drug-likeness (QED) is 0.142. The number of benzene rings is 2. The predicted octanol–water partition coefficient (Wildman–Crippen LogP) is 5.42. The second kappa shape index (κ2) is 15.0. The Bertz CT molecular complexity index is 2440. The van der Waals surface area contributed by atoms with Gasteiger partial charge in [0.1, 0.15) is 35.6 Å². The van der Waals surface area contributed by atoms with Crippen LogP contribution in [0.25, 0.3) is 32.9 Å². The van der Waals surface area contributed by atoms with Crippen molar-refractivity contribution in [3.63, 3.8) is 0 Å². The number of halogens is 4. The van der Waals surface area contributed by atoms with E-state index in [9.17, 15) is 18.8 Å². The fraction of sp³-hybridized carbons (Fsp3) is 0.415. The molecule has 7 heterocycles. The van der Waals surface area contributed by atoms with Gasteiger partial charge in [0.25, 0.3) is 0 Å². The van der Waals surface area contributed by atoms with Crippen LogP contribution in [-0.2, 0) is 17.9 Å². The normalized spacial score (nSPS) is 22.7. The van der Waals surface area contributed by atoms with Crippen molar-refractivity contribution in [2.24, 2.45) is 0 Å². The van der Waals surface area contributed by atoms with Gasteiger partial charge in [-0.15, -0.1) is 0 Å². The molecule has 0 radical (unpaired) electrons. The maximum absolute atomic E-state index is 16.9. The number of aromatic nitrogens is 5. The molecule has 9 rings (SSSR count). The number of alkyl halides is 1. The van der Waals surface area contributed by atoms with Gasteiger partial charge in [0.2, 0.25) is 5.91 Å². The van der Waals surface area contributed by atoms with Crippen LogP contribution in [0.4, 0.5) is 23.4 Å². The van der Waals surface area contributed by atoms with Gasteiger partial charge in [-0.1, -0.05) is 30.3 Å². The number of piperazine rings is 1. The van der Waals surface area contributed by atoms with Crippen LogP contribution in [-0.4, -0.2) is 115 Å². The first kappa shape index (κ1) is 36.9. The molecule has 3 fully saturated rings. The van der Waals surface area contributed by atoms with E-state index >= 15 is 8.78 Å². The average Bonchev–Trinajstić information content (AvgIpc) is 3.92. The van der Waals surface area contributed by atoms with Crippen LogP contribution >= 0.6 is 0 Å². The highest BCUT2D eigenvalue weighted by Gasteiger charge is 2.49. The van der Waals surface area contributed by atoms with E-state index in [4.69, 9.17) is 9.72 Å². The molecule has 3 saturated heterocycles. The lowest BCUT2D eigenvalue weighted by molar-refractivity contribution is -0.128. The number of ether oxygens (including phenoxy) is 1. The van der Waals surface area contributed by atoms with E-state index < -0.39 is 35.2 Å². The largest absolute Gasteiger partial charge is 0.461 e. The predicted molar refractivity (Wildman–Crippen MR) is 203 cm³/mol. The number of hydrogen-bond donors (Lipinski definition) is 0. The van der Waals surface area contributed by atoms with Crippen LogP contribution in [0.5, 0.6) is 6.01 Å². The fourth-order valence-electron chi connectivity index (χ4n) is 9.07. The first-order chi connectivity index (χ1) is 27.7. The Morgan fingerprint density at radius 1 is 1.04 bits per heavy atom. The Kier molecular flexibility index (Phi) is 9.73. The Hall–Kier alpha value is -5.66. The maximum Gasteiger partial charge on any atom is 0.319 e. The van der Waals surface area contributed by atoms with Gasteiger partial charge in [-0.25, -0.2) is 22.5 Å². The zero-order chi connectivity index (χ0) is 39.3. The average molecular weight is 781 g/mol. The van der Waals surface area contributed by atoms with Gasteiger partial charge in [-0.2, -0.15) is 15.2 Å². The van der Waals surface area contributed by atoms with Gasteiger partial charge >= 0.3 is 6.01 Å². The molecule has 0 unspecified atom stereocenters. The molecule has 5 aromatic rings. The first-order valence-corrected chi connectivity index (χ1v) is 19.3. The minimum Gasteiger partial charge on any atom is -0.461 e. The van der Waals surface area contributed by atoms with Crippen molar-refractivity contribution < 1.29 is 27.1 Å². The SMILES string of the molecule is N#CC[C@H]1CN(c2nc(OC[C@@]34CCCN3C[C@H](F)C4)nc3c(F)c(-c4cccc5ccc(F)c(F)c45)ncc23)CCN1C(=O)/C=C/CN1CCn2ccnc2C1. The van der Waals surface area contributed by atoms with Gasteiger partial charge < -0.3 is 19.1 Å². The summed E-state index contributed by atoms with van der Waals surface area (Å²) in [4.78, 5) is 39.5. The van der Waals surface area contributed by atoms with E-state index in [0.717, 1.165) is 44.4 Å². The Balaban J connectivity index is 1.03. The van der Waals surface area contributed by atoms with E-state index in [-0.39, 0.29) is 71.4 Å². The van der Waals surface area contributed by atoms with Crippen molar-refractivity contribution in [1.82, 2.24) is 39.2 Å². The molecule has 4 aliphatic heterocycles. The van der Waals surface area contributed by atoms with E-state index in [1.54, 1.807) is 29.3 Å². The van der Waals surface area contributed by atoms with Crippen LogP contribution in [0.15, 0.2) is 61.1 Å². The molecule has 1 amide bonds. The molecular weight excluding hydrogens is 741 g/mol. The molecule has 0 N–H and O–H groups in total. The van der Waals surface area contributed by atoms with Gasteiger partial charge in [0.05, 0.1) is 36.0 Å². The number of pyridine rings is 1. The van der Waals surface area contributed by atoms with Gasteiger partial charge in [0, 0.05) is 87.9 Å². The van der Waals surface area contributed by atoms with Crippen molar-refractivity contribution in [3.8, 4) is 23.3 Å². The molecule has 0 saturated carbocycles. The summed E-state index contributed by atoms with van der Waals surface area (Å²) in [6.45, 7) is 4.83. The third-order valence-corrected chi connectivity index (χ3v) is 11.9. The Morgan fingerprint density at radius 2 is 1.93 bits per heavy atom. The van der Waals surface area contributed by atoms with Gasteiger partial charge in [-0.3, -0.25) is 19.6 Å². The third kappa shape index (κ3) is 6.82. The molecule has 3 atom stereocenters. The van der Waals surface area contributed by atoms with E-state index in [1.165, 1.54) is 18.3 Å². The lowest BCUT2D eigenvalue weighted by atomic mass is 9.95. The Labute approximate surface area is 326 Å². The summed E-state index contributed by atoms with van der Waals surface area (Å²) in [6.07, 6.45) is 9.53. The van der Waals surface area contributed by atoms with Crippen molar-refractivity contribution in [3.05, 3.63) is 84.4 Å². The summed E-state index contributed by atoms with van der Waals surface area (Å²) in [7, 11) is 0. The number of nitrogens with zero attached hydrogens (tertiary/aromatic N) is 10. The summed E-state index contributed by atoms with van der Waals surface area (Å²) in [5, 5.41) is 10.3. The van der Waals surface area contributed by atoms with Crippen molar-refractivity contribution in [2.75, 3.05) is 57.3 Å². The van der Waals surface area contributed by atoms with Gasteiger partial charge in [-0.05, 0) is 30.8 Å². The number of amides is 1. The van der Waals surface area contributed by atoms with Crippen LogP contribution < -0.4 is 9.64 Å². The summed E-state index contributed by atoms with van der Waals surface area (Å²) >= 11 is 0. The van der Waals surface area contributed by atoms with Crippen LogP contribution in [0.2, 0.25) is 0 Å². The molecule has 0 aliphatic carbocycles. The zero-order valence-electron chi connectivity index (χ0n) is 31.1. The molecule has 3 aromatic heterocycles. The lowest BCUT2D eigenvalue weighted by Crippen LogP contribution is -2.55. The van der Waals surface area contributed by atoms with Crippen molar-refractivity contribution in [2.45, 2.75) is 56.5 Å². The maximum atomic E-state index is 16.9. The monoisotopic (exact) mass is 780 g/mol. The van der Waals surface area contributed by atoms with E-state index in [1.807, 2.05) is 17.2 Å². The first-order valence-electron chi connectivity index (χ1n) is 19.3. The summed E-state index contributed by atoms with van der Waals surface area (Å²) in [6, 6.07) is 8.68. The number of fused-ring (bicyclic) bond motifs is 4. The smallest absolute Gasteiger partial charge is 0.319 e. The molecular formula is C41H40F4N10O2. The summed E-state index contributed by atoms with van der Waals surface area (Å²) < 4.78 is 69.6. The Morgan fingerprint density at radius 3 is 2.81 bits per heavy atom. The number of nitriles is 1.